The summed E-state index contributed by atoms with van der Waals surface area (Å²) in [6.07, 6.45) is 0.516. The van der Waals surface area contributed by atoms with Crippen LogP contribution in [0.2, 0.25) is 5.02 Å². The zero-order chi connectivity index (χ0) is 13.2. The van der Waals surface area contributed by atoms with Crippen LogP contribution in [0, 0.1) is 0 Å². The van der Waals surface area contributed by atoms with Crippen LogP contribution in [0.5, 0.6) is 0 Å². The van der Waals surface area contributed by atoms with Gasteiger partial charge in [-0.25, -0.2) is 0 Å². The Morgan fingerprint density at radius 3 is 2.74 bits per heavy atom. The molecule has 0 unspecified atom stereocenters. The molecule has 0 saturated heterocycles. The highest BCUT2D eigenvalue weighted by Gasteiger charge is 2.03. The van der Waals surface area contributed by atoms with Gasteiger partial charge in [-0.15, -0.1) is 24.2 Å². The molecule has 0 aromatic heterocycles. The molecule has 0 heterocycles. The number of likely N-dealkylation sites (N-methyl/N-ethyl adjacent to an activating group) is 1. The Balaban J connectivity index is 0.00000324. The number of carbonyl (C=O) groups excluding carboxylic acids is 1. The molecule has 0 aliphatic carbocycles. The van der Waals surface area contributed by atoms with E-state index < -0.39 is 0 Å². The van der Waals surface area contributed by atoms with E-state index in [0.29, 0.717) is 13.0 Å². The minimum absolute atomic E-state index is 0. The second-order valence-electron chi connectivity index (χ2n) is 3.73. The Labute approximate surface area is 130 Å². The summed E-state index contributed by atoms with van der Waals surface area (Å²) in [5.74, 6) is 0.837. The molecule has 19 heavy (non-hydrogen) atoms. The van der Waals surface area contributed by atoms with Crippen LogP contribution < -0.4 is 10.6 Å². The highest BCUT2D eigenvalue weighted by Crippen LogP contribution is 2.26. The fourth-order valence-corrected chi connectivity index (χ4v) is 2.56. The van der Waals surface area contributed by atoms with Crippen molar-refractivity contribution >= 4 is 41.7 Å². The Kier molecular flexibility index (Phi) is 11.2. The molecule has 0 spiro atoms. The van der Waals surface area contributed by atoms with Crippen molar-refractivity contribution in [2.45, 2.75) is 18.2 Å². The number of carbonyl (C=O) groups is 1. The number of hydrogen-bond acceptors (Lipinski definition) is 3. The predicted molar refractivity (Wildman–Crippen MR) is 85.6 cm³/mol. The van der Waals surface area contributed by atoms with Gasteiger partial charge >= 0.3 is 0 Å². The summed E-state index contributed by atoms with van der Waals surface area (Å²) >= 11 is 7.64. The molecule has 1 rings (SSSR count). The predicted octanol–water partition coefficient (Wildman–Crippen LogP) is 2.97. The fourth-order valence-electron chi connectivity index (χ4n) is 1.37. The van der Waals surface area contributed by atoms with E-state index in [2.05, 4.69) is 10.6 Å². The lowest BCUT2D eigenvalue weighted by Gasteiger charge is -2.06. The molecule has 108 valence electrons. The summed E-state index contributed by atoms with van der Waals surface area (Å²) in [6.45, 7) is 4.48. The molecular formula is C13H20Cl2N2OS. The minimum Gasteiger partial charge on any atom is -0.355 e. The van der Waals surface area contributed by atoms with Crippen LogP contribution in [0.1, 0.15) is 13.3 Å². The van der Waals surface area contributed by atoms with Gasteiger partial charge in [-0.3, -0.25) is 4.79 Å². The SMILES string of the molecule is CCNCCNC(=O)CCSc1ccccc1Cl.Cl. The van der Waals surface area contributed by atoms with Crippen molar-refractivity contribution in [1.29, 1.82) is 0 Å². The lowest BCUT2D eigenvalue weighted by Crippen LogP contribution is -2.31. The Hall–Kier alpha value is -0.420. The molecule has 0 aliphatic rings. The molecule has 0 bridgehead atoms. The largest absolute Gasteiger partial charge is 0.355 e. The first-order valence-corrected chi connectivity index (χ1v) is 7.45. The van der Waals surface area contributed by atoms with Crippen molar-refractivity contribution in [3.8, 4) is 0 Å². The Bertz CT molecular complexity index is 377. The summed E-state index contributed by atoms with van der Waals surface area (Å²) in [5.41, 5.74) is 0. The molecule has 0 aliphatic heterocycles. The van der Waals surface area contributed by atoms with Crippen LogP contribution in [-0.2, 0) is 4.79 Å². The van der Waals surface area contributed by atoms with Crippen LogP contribution in [-0.4, -0.2) is 31.3 Å². The van der Waals surface area contributed by atoms with Crippen LogP contribution in [0.25, 0.3) is 0 Å². The van der Waals surface area contributed by atoms with E-state index >= 15 is 0 Å². The molecule has 0 saturated carbocycles. The lowest BCUT2D eigenvalue weighted by atomic mass is 10.4. The van der Waals surface area contributed by atoms with Crippen LogP contribution in [0.15, 0.2) is 29.2 Å². The first kappa shape index (κ1) is 18.6. The summed E-state index contributed by atoms with van der Waals surface area (Å²) in [5, 5.41) is 6.77. The van der Waals surface area contributed by atoms with Crippen molar-refractivity contribution in [3.63, 3.8) is 0 Å². The summed E-state index contributed by atoms with van der Waals surface area (Å²) in [7, 11) is 0. The number of amides is 1. The number of rotatable bonds is 8. The third kappa shape index (κ3) is 8.37. The highest BCUT2D eigenvalue weighted by molar-refractivity contribution is 7.99. The molecule has 0 radical (unpaired) electrons. The molecule has 1 aromatic rings. The first-order valence-electron chi connectivity index (χ1n) is 6.08. The zero-order valence-corrected chi connectivity index (χ0v) is 13.3. The van der Waals surface area contributed by atoms with E-state index in [9.17, 15) is 4.79 Å². The Morgan fingerprint density at radius 1 is 1.32 bits per heavy atom. The smallest absolute Gasteiger partial charge is 0.220 e. The van der Waals surface area contributed by atoms with Gasteiger partial charge in [-0.1, -0.05) is 30.7 Å². The van der Waals surface area contributed by atoms with Gasteiger partial charge in [-0.2, -0.15) is 0 Å². The number of halogens is 2. The van der Waals surface area contributed by atoms with Gasteiger partial charge in [0.05, 0.1) is 5.02 Å². The molecule has 0 atom stereocenters. The number of benzene rings is 1. The van der Waals surface area contributed by atoms with Crippen molar-refractivity contribution in [3.05, 3.63) is 29.3 Å². The fraction of sp³-hybridized carbons (Fsp3) is 0.462. The van der Waals surface area contributed by atoms with Gasteiger partial charge < -0.3 is 10.6 Å². The summed E-state index contributed by atoms with van der Waals surface area (Å²) in [4.78, 5) is 12.5. The monoisotopic (exact) mass is 322 g/mol. The maximum atomic E-state index is 11.5. The van der Waals surface area contributed by atoms with Crippen LogP contribution in [0.3, 0.4) is 0 Å². The second-order valence-corrected chi connectivity index (χ2v) is 5.28. The van der Waals surface area contributed by atoms with E-state index in [1.165, 1.54) is 0 Å². The van der Waals surface area contributed by atoms with E-state index in [1.54, 1.807) is 11.8 Å². The van der Waals surface area contributed by atoms with Gasteiger partial charge in [0.2, 0.25) is 5.91 Å². The molecule has 1 amide bonds. The van der Waals surface area contributed by atoms with Crippen molar-refractivity contribution < 1.29 is 4.79 Å². The van der Waals surface area contributed by atoms with Crippen LogP contribution >= 0.6 is 35.8 Å². The Morgan fingerprint density at radius 2 is 2.05 bits per heavy atom. The minimum atomic E-state index is 0. The van der Waals surface area contributed by atoms with E-state index in [0.717, 1.165) is 28.8 Å². The average Bonchev–Trinajstić information content (AvgIpc) is 2.37. The maximum absolute atomic E-state index is 11.5. The topological polar surface area (TPSA) is 41.1 Å². The van der Waals surface area contributed by atoms with Gasteiger partial charge in [0.1, 0.15) is 0 Å². The normalized spacial score (nSPS) is 9.79. The first-order chi connectivity index (χ1) is 8.74. The lowest BCUT2D eigenvalue weighted by molar-refractivity contribution is -0.120. The summed E-state index contributed by atoms with van der Waals surface area (Å²) < 4.78 is 0. The van der Waals surface area contributed by atoms with Gasteiger partial charge in [0.25, 0.3) is 0 Å². The van der Waals surface area contributed by atoms with E-state index in [4.69, 9.17) is 11.6 Å². The van der Waals surface area contributed by atoms with E-state index in [1.807, 2.05) is 31.2 Å². The number of hydrogen-bond donors (Lipinski definition) is 2. The number of thioether (sulfide) groups is 1. The third-order valence-electron chi connectivity index (χ3n) is 2.30. The molecule has 2 N–H and O–H groups in total. The van der Waals surface area contributed by atoms with Gasteiger partial charge in [0.15, 0.2) is 0 Å². The zero-order valence-electron chi connectivity index (χ0n) is 10.9. The summed E-state index contributed by atoms with van der Waals surface area (Å²) in [6, 6.07) is 7.68. The second kappa shape index (κ2) is 11.4. The highest BCUT2D eigenvalue weighted by atomic mass is 35.5. The maximum Gasteiger partial charge on any atom is 0.220 e. The van der Waals surface area contributed by atoms with Crippen molar-refractivity contribution in [2.75, 3.05) is 25.4 Å². The molecular weight excluding hydrogens is 303 g/mol. The molecule has 0 fully saturated rings. The third-order valence-corrected chi connectivity index (χ3v) is 3.81. The quantitative estimate of drug-likeness (QED) is 0.571. The number of nitrogens with one attached hydrogen (secondary N) is 2. The van der Waals surface area contributed by atoms with Crippen molar-refractivity contribution in [1.82, 2.24) is 10.6 Å². The van der Waals surface area contributed by atoms with Crippen LogP contribution in [0.4, 0.5) is 0 Å². The van der Waals surface area contributed by atoms with Gasteiger partial charge in [-0.05, 0) is 18.7 Å². The molecule has 1 aromatic carbocycles. The standard InChI is InChI=1S/C13H19ClN2OS.ClH/c1-2-15-8-9-16-13(17)7-10-18-12-6-4-3-5-11(12)14;/h3-6,15H,2,7-10H2,1H3,(H,16,17);1H. The van der Waals surface area contributed by atoms with Gasteiger partial charge in [0, 0.05) is 30.2 Å². The molecule has 3 nitrogen and oxygen atoms in total. The van der Waals surface area contributed by atoms with Crippen molar-refractivity contribution in [2.24, 2.45) is 0 Å². The van der Waals surface area contributed by atoms with E-state index in [-0.39, 0.29) is 18.3 Å². The average molecular weight is 323 g/mol. The molecule has 6 heteroatoms.